The molecule has 0 aliphatic heterocycles. The Labute approximate surface area is 132 Å². The summed E-state index contributed by atoms with van der Waals surface area (Å²) < 4.78 is 16.7. The van der Waals surface area contributed by atoms with Crippen LogP contribution < -0.4 is 14.8 Å². The third-order valence-electron chi connectivity index (χ3n) is 2.73. The first-order chi connectivity index (χ1) is 9.87. The second-order valence-corrected chi connectivity index (χ2v) is 6.11. The Hall–Kier alpha value is -0.970. The molecule has 0 atom stereocenters. The van der Waals surface area contributed by atoms with Gasteiger partial charge in [-0.25, -0.2) is 0 Å². The molecule has 120 valence electrons. The quantitative estimate of drug-likeness (QED) is 0.743. The van der Waals surface area contributed by atoms with Gasteiger partial charge in [0.2, 0.25) is 0 Å². The Kier molecular flexibility index (Phi) is 7.29. The Morgan fingerprint density at radius 1 is 1.19 bits per heavy atom. The Bertz CT molecular complexity index is 444. The van der Waals surface area contributed by atoms with Crippen molar-refractivity contribution >= 4 is 11.6 Å². The largest absolute Gasteiger partial charge is 0.493 e. The number of halogens is 1. The van der Waals surface area contributed by atoms with Crippen molar-refractivity contribution in [3.63, 3.8) is 0 Å². The van der Waals surface area contributed by atoms with E-state index in [1.807, 2.05) is 32.9 Å². The normalized spacial score (nSPS) is 11.5. The fourth-order valence-corrected chi connectivity index (χ4v) is 2.06. The summed E-state index contributed by atoms with van der Waals surface area (Å²) in [4.78, 5) is 0. The molecule has 0 heterocycles. The van der Waals surface area contributed by atoms with E-state index in [0.29, 0.717) is 29.7 Å². The van der Waals surface area contributed by atoms with Crippen LogP contribution in [0.3, 0.4) is 0 Å². The zero-order chi connectivity index (χ0) is 15.9. The van der Waals surface area contributed by atoms with Gasteiger partial charge in [-0.3, -0.25) is 0 Å². The van der Waals surface area contributed by atoms with Gasteiger partial charge in [0.1, 0.15) is 6.61 Å². The zero-order valence-electron chi connectivity index (χ0n) is 13.6. The van der Waals surface area contributed by atoms with Crippen LogP contribution in [0, 0.1) is 0 Å². The smallest absolute Gasteiger partial charge is 0.179 e. The van der Waals surface area contributed by atoms with Crippen LogP contribution in [-0.2, 0) is 11.3 Å². The van der Waals surface area contributed by atoms with Crippen molar-refractivity contribution in [2.45, 2.75) is 39.8 Å². The molecule has 0 unspecified atom stereocenters. The summed E-state index contributed by atoms with van der Waals surface area (Å²) in [5, 5.41) is 3.81. The van der Waals surface area contributed by atoms with Crippen LogP contribution >= 0.6 is 11.6 Å². The molecule has 0 radical (unpaired) electrons. The molecule has 0 aliphatic rings. The highest BCUT2D eigenvalue weighted by atomic mass is 35.5. The van der Waals surface area contributed by atoms with E-state index in [9.17, 15) is 0 Å². The second kappa shape index (κ2) is 8.47. The molecule has 0 bridgehead atoms. The van der Waals surface area contributed by atoms with Crippen LogP contribution in [0.25, 0.3) is 0 Å². The van der Waals surface area contributed by atoms with E-state index in [1.54, 1.807) is 7.11 Å². The summed E-state index contributed by atoms with van der Waals surface area (Å²) in [5.74, 6) is 1.21. The van der Waals surface area contributed by atoms with Gasteiger partial charge in [0.05, 0.1) is 24.3 Å². The maximum atomic E-state index is 6.29. The summed E-state index contributed by atoms with van der Waals surface area (Å²) in [6.07, 6.45) is 0. The summed E-state index contributed by atoms with van der Waals surface area (Å²) in [6.45, 7) is 10.7. The van der Waals surface area contributed by atoms with Crippen LogP contribution in [0.4, 0.5) is 0 Å². The third kappa shape index (κ3) is 6.55. The lowest BCUT2D eigenvalue weighted by Gasteiger charge is -2.20. The average Bonchev–Trinajstić information content (AvgIpc) is 2.41. The van der Waals surface area contributed by atoms with Crippen LogP contribution in [0.1, 0.15) is 33.3 Å². The molecule has 21 heavy (non-hydrogen) atoms. The molecule has 1 aromatic carbocycles. The third-order valence-corrected chi connectivity index (χ3v) is 3.01. The standard InChI is InChI=1S/C16H26ClNO3/c1-6-18-11-12-9-13(17)15(14(10-12)19-5)20-7-8-21-16(2,3)4/h9-10,18H,6-8,11H2,1-5H3. The first kappa shape index (κ1) is 18.1. The molecular formula is C16H26ClNO3. The lowest BCUT2D eigenvalue weighted by molar-refractivity contribution is -0.0165. The topological polar surface area (TPSA) is 39.7 Å². The Morgan fingerprint density at radius 2 is 1.90 bits per heavy atom. The molecule has 0 amide bonds. The number of nitrogens with one attached hydrogen (secondary N) is 1. The molecular weight excluding hydrogens is 290 g/mol. The van der Waals surface area contributed by atoms with Crippen molar-refractivity contribution < 1.29 is 14.2 Å². The lowest BCUT2D eigenvalue weighted by Crippen LogP contribution is -2.22. The summed E-state index contributed by atoms with van der Waals surface area (Å²) in [6, 6.07) is 3.83. The van der Waals surface area contributed by atoms with Gasteiger partial charge < -0.3 is 19.5 Å². The molecule has 0 saturated heterocycles. The number of ether oxygens (including phenoxy) is 3. The molecule has 1 rings (SSSR count). The predicted octanol–water partition coefficient (Wildman–Crippen LogP) is 3.65. The maximum absolute atomic E-state index is 6.29. The lowest BCUT2D eigenvalue weighted by atomic mass is 10.2. The van der Waals surface area contributed by atoms with E-state index in [4.69, 9.17) is 25.8 Å². The SMILES string of the molecule is CCNCc1cc(Cl)c(OCCOC(C)(C)C)c(OC)c1. The number of hydrogen-bond donors (Lipinski definition) is 1. The van der Waals surface area contributed by atoms with E-state index in [2.05, 4.69) is 12.2 Å². The van der Waals surface area contributed by atoms with Crippen molar-refractivity contribution in [1.29, 1.82) is 0 Å². The van der Waals surface area contributed by atoms with Gasteiger partial charge in [-0.2, -0.15) is 0 Å². The van der Waals surface area contributed by atoms with Crippen LogP contribution in [0.15, 0.2) is 12.1 Å². The molecule has 0 saturated carbocycles. The number of rotatable bonds is 8. The van der Waals surface area contributed by atoms with E-state index < -0.39 is 0 Å². The number of hydrogen-bond acceptors (Lipinski definition) is 4. The molecule has 0 spiro atoms. The monoisotopic (exact) mass is 315 g/mol. The van der Waals surface area contributed by atoms with Gasteiger partial charge in [-0.15, -0.1) is 0 Å². The molecule has 0 fully saturated rings. The van der Waals surface area contributed by atoms with Crippen LogP contribution in [0.5, 0.6) is 11.5 Å². The molecule has 1 N–H and O–H groups in total. The fraction of sp³-hybridized carbons (Fsp3) is 0.625. The summed E-state index contributed by atoms with van der Waals surface area (Å²) in [7, 11) is 1.61. The van der Waals surface area contributed by atoms with Crippen molar-refractivity contribution in [1.82, 2.24) is 5.32 Å². The van der Waals surface area contributed by atoms with Crippen LogP contribution in [0.2, 0.25) is 5.02 Å². The van der Waals surface area contributed by atoms with Gasteiger partial charge in [-0.05, 0) is 45.0 Å². The summed E-state index contributed by atoms with van der Waals surface area (Å²) >= 11 is 6.29. The highest BCUT2D eigenvalue weighted by Gasteiger charge is 2.13. The van der Waals surface area contributed by atoms with Crippen LogP contribution in [-0.4, -0.2) is 32.5 Å². The zero-order valence-corrected chi connectivity index (χ0v) is 14.3. The van der Waals surface area contributed by atoms with E-state index >= 15 is 0 Å². The van der Waals surface area contributed by atoms with Crippen molar-refractivity contribution in [2.24, 2.45) is 0 Å². The van der Waals surface area contributed by atoms with Gasteiger partial charge in [0.25, 0.3) is 0 Å². The first-order valence-electron chi connectivity index (χ1n) is 7.21. The van der Waals surface area contributed by atoms with Crippen molar-refractivity contribution in [3.05, 3.63) is 22.7 Å². The number of benzene rings is 1. The molecule has 0 aromatic heterocycles. The highest BCUT2D eigenvalue weighted by Crippen LogP contribution is 2.36. The second-order valence-electron chi connectivity index (χ2n) is 5.70. The van der Waals surface area contributed by atoms with Gasteiger partial charge >= 0.3 is 0 Å². The Morgan fingerprint density at radius 3 is 2.48 bits per heavy atom. The average molecular weight is 316 g/mol. The first-order valence-corrected chi connectivity index (χ1v) is 7.59. The fourth-order valence-electron chi connectivity index (χ4n) is 1.78. The minimum atomic E-state index is -0.174. The Balaban J connectivity index is 2.68. The van der Waals surface area contributed by atoms with E-state index in [1.165, 1.54) is 0 Å². The molecule has 1 aromatic rings. The minimum Gasteiger partial charge on any atom is -0.493 e. The van der Waals surface area contributed by atoms with E-state index in [-0.39, 0.29) is 5.60 Å². The molecule has 4 nitrogen and oxygen atoms in total. The minimum absolute atomic E-state index is 0.174. The van der Waals surface area contributed by atoms with Gasteiger partial charge in [0, 0.05) is 6.54 Å². The summed E-state index contributed by atoms with van der Waals surface area (Å²) in [5.41, 5.74) is 0.893. The van der Waals surface area contributed by atoms with Crippen molar-refractivity contribution in [2.75, 3.05) is 26.9 Å². The molecule has 0 aliphatic carbocycles. The van der Waals surface area contributed by atoms with Crippen molar-refractivity contribution in [3.8, 4) is 11.5 Å². The predicted molar refractivity (Wildman–Crippen MR) is 86.6 cm³/mol. The highest BCUT2D eigenvalue weighted by molar-refractivity contribution is 6.32. The van der Waals surface area contributed by atoms with Gasteiger partial charge in [-0.1, -0.05) is 18.5 Å². The molecule has 5 heteroatoms. The van der Waals surface area contributed by atoms with Gasteiger partial charge in [0.15, 0.2) is 11.5 Å². The maximum Gasteiger partial charge on any atom is 0.179 e. The number of methoxy groups -OCH3 is 1. The van der Waals surface area contributed by atoms with E-state index in [0.717, 1.165) is 18.7 Å².